The number of nitrogens with zero attached hydrogens (tertiary/aromatic N) is 4. The van der Waals surface area contributed by atoms with Crippen molar-refractivity contribution in [2.24, 2.45) is 0 Å². The van der Waals surface area contributed by atoms with Gasteiger partial charge in [0.25, 0.3) is 0 Å². The average Bonchev–Trinajstić information content (AvgIpc) is 3.20. The predicted octanol–water partition coefficient (Wildman–Crippen LogP) is 4.11. The maximum Gasteiger partial charge on any atom is 0.316 e. The molecule has 2 aromatic carbocycles. The molecule has 0 aliphatic rings. The third-order valence-electron chi connectivity index (χ3n) is 3.80. The molecule has 0 amide bonds. The summed E-state index contributed by atoms with van der Waals surface area (Å²) in [6, 6.07) is 12.6. The SMILES string of the molecule is O=c1c(Oc2ccc(Br)cc2)c(-n2ccnc2)cnn1-c1ccc(F)cc1. The van der Waals surface area contributed by atoms with E-state index < -0.39 is 11.4 Å². The Morgan fingerprint density at radius 1 is 1.04 bits per heavy atom. The van der Waals surface area contributed by atoms with Crippen molar-refractivity contribution in [3.8, 4) is 22.9 Å². The van der Waals surface area contributed by atoms with E-state index in [1.165, 1.54) is 30.5 Å². The molecule has 0 saturated heterocycles. The number of hydrogen-bond acceptors (Lipinski definition) is 4. The topological polar surface area (TPSA) is 61.9 Å². The summed E-state index contributed by atoms with van der Waals surface area (Å²) in [5.74, 6) is 0.177. The Balaban J connectivity index is 1.86. The number of halogens is 2. The third-order valence-corrected chi connectivity index (χ3v) is 4.33. The van der Waals surface area contributed by atoms with Crippen LogP contribution < -0.4 is 10.3 Å². The third kappa shape index (κ3) is 3.52. The van der Waals surface area contributed by atoms with E-state index in [1.807, 2.05) is 12.1 Å². The van der Waals surface area contributed by atoms with Crippen molar-refractivity contribution in [1.29, 1.82) is 0 Å². The Labute approximate surface area is 161 Å². The molecule has 0 bridgehead atoms. The lowest BCUT2D eigenvalue weighted by molar-refractivity contribution is 0.464. The number of hydrogen-bond donors (Lipinski definition) is 0. The van der Waals surface area contributed by atoms with Crippen molar-refractivity contribution in [3.05, 3.63) is 94.1 Å². The number of aromatic nitrogens is 4. The summed E-state index contributed by atoms with van der Waals surface area (Å²) >= 11 is 3.36. The molecule has 0 unspecified atom stereocenters. The van der Waals surface area contributed by atoms with Gasteiger partial charge >= 0.3 is 5.56 Å². The summed E-state index contributed by atoms with van der Waals surface area (Å²) in [5.41, 5.74) is 0.397. The molecule has 0 aliphatic heterocycles. The minimum Gasteiger partial charge on any atom is -0.449 e. The second-order valence-electron chi connectivity index (χ2n) is 5.58. The molecule has 0 fully saturated rings. The van der Waals surface area contributed by atoms with Crippen LogP contribution >= 0.6 is 15.9 Å². The molecular formula is C19H12BrFN4O2. The molecule has 0 N–H and O–H groups in total. The van der Waals surface area contributed by atoms with Gasteiger partial charge in [0.05, 0.1) is 18.2 Å². The Morgan fingerprint density at radius 2 is 1.78 bits per heavy atom. The van der Waals surface area contributed by atoms with Crippen LogP contribution in [0.4, 0.5) is 4.39 Å². The Kier molecular flexibility index (Phi) is 4.55. The summed E-state index contributed by atoms with van der Waals surface area (Å²) < 4.78 is 22.8. The molecule has 4 aromatic rings. The van der Waals surface area contributed by atoms with Crippen LogP contribution in [0.15, 0.2) is 82.7 Å². The van der Waals surface area contributed by atoms with Crippen LogP contribution in [0.2, 0.25) is 0 Å². The highest BCUT2D eigenvalue weighted by atomic mass is 79.9. The highest BCUT2D eigenvalue weighted by Gasteiger charge is 2.16. The van der Waals surface area contributed by atoms with Gasteiger partial charge in [0, 0.05) is 16.9 Å². The maximum atomic E-state index is 13.2. The second kappa shape index (κ2) is 7.16. The minimum atomic E-state index is -0.476. The largest absolute Gasteiger partial charge is 0.449 e. The van der Waals surface area contributed by atoms with Crippen molar-refractivity contribution >= 4 is 15.9 Å². The average molecular weight is 427 g/mol. The van der Waals surface area contributed by atoms with Gasteiger partial charge in [-0.2, -0.15) is 9.78 Å². The summed E-state index contributed by atoms with van der Waals surface area (Å²) in [7, 11) is 0. The summed E-state index contributed by atoms with van der Waals surface area (Å²) in [5, 5.41) is 4.20. The molecular weight excluding hydrogens is 415 g/mol. The summed E-state index contributed by atoms with van der Waals surface area (Å²) in [4.78, 5) is 17.1. The minimum absolute atomic E-state index is 0.0784. The highest BCUT2D eigenvalue weighted by molar-refractivity contribution is 9.10. The van der Waals surface area contributed by atoms with Crippen LogP contribution in [0.5, 0.6) is 11.5 Å². The highest BCUT2D eigenvalue weighted by Crippen LogP contribution is 2.26. The second-order valence-corrected chi connectivity index (χ2v) is 6.49. The lowest BCUT2D eigenvalue weighted by Gasteiger charge is -2.13. The Hall–Kier alpha value is -3.26. The van der Waals surface area contributed by atoms with Gasteiger partial charge in [0.2, 0.25) is 5.75 Å². The monoisotopic (exact) mass is 426 g/mol. The van der Waals surface area contributed by atoms with Gasteiger partial charge in [-0.25, -0.2) is 9.37 Å². The van der Waals surface area contributed by atoms with Crippen LogP contribution in [0, 0.1) is 5.82 Å². The van der Waals surface area contributed by atoms with Crippen molar-refractivity contribution in [2.75, 3.05) is 0 Å². The van der Waals surface area contributed by atoms with Crippen LogP contribution in [-0.2, 0) is 0 Å². The van der Waals surface area contributed by atoms with Gasteiger partial charge < -0.3 is 9.30 Å². The molecule has 0 saturated carbocycles. The zero-order chi connectivity index (χ0) is 18.8. The van der Waals surface area contributed by atoms with E-state index in [9.17, 15) is 9.18 Å². The van der Waals surface area contributed by atoms with Gasteiger partial charge in [-0.15, -0.1) is 0 Å². The summed E-state index contributed by atoms with van der Waals surface area (Å²) in [6.45, 7) is 0. The zero-order valence-electron chi connectivity index (χ0n) is 13.8. The van der Waals surface area contributed by atoms with Crippen LogP contribution in [0.25, 0.3) is 11.4 Å². The fraction of sp³-hybridized carbons (Fsp3) is 0. The zero-order valence-corrected chi connectivity index (χ0v) is 15.4. The lowest BCUT2D eigenvalue weighted by Crippen LogP contribution is -2.23. The fourth-order valence-electron chi connectivity index (χ4n) is 2.50. The van der Waals surface area contributed by atoms with E-state index in [0.717, 1.165) is 9.15 Å². The number of benzene rings is 2. The molecule has 2 heterocycles. The number of ether oxygens (including phenoxy) is 1. The maximum absolute atomic E-state index is 13.2. The molecule has 134 valence electrons. The van der Waals surface area contributed by atoms with Gasteiger partial charge in [-0.3, -0.25) is 4.79 Å². The molecule has 0 aliphatic carbocycles. The van der Waals surface area contributed by atoms with Crippen molar-refractivity contribution in [3.63, 3.8) is 0 Å². The Bertz CT molecular complexity index is 1120. The van der Waals surface area contributed by atoms with Gasteiger partial charge in [0.1, 0.15) is 17.3 Å². The van der Waals surface area contributed by atoms with Gasteiger partial charge in [0.15, 0.2) is 0 Å². The summed E-state index contributed by atoms with van der Waals surface area (Å²) in [6.07, 6.45) is 6.33. The van der Waals surface area contributed by atoms with Crippen LogP contribution in [0.3, 0.4) is 0 Å². The van der Waals surface area contributed by atoms with E-state index in [-0.39, 0.29) is 5.75 Å². The lowest BCUT2D eigenvalue weighted by atomic mass is 10.3. The molecule has 0 spiro atoms. The normalized spacial score (nSPS) is 10.7. The van der Waals surface area contributed by atoms with Gasteiger partial charge in [-0.05, 0) is 48.5 Å². The predicted molar refractivity (Wildman–Crippen MR) is 101 cm³/mol. The number of rotatable bonds is 4. The van der Waals surface area contributed by atoms with E-state index in [2.05, 4.69) is 26.0 Å². The van der Waals surface area contributed by atoms with Crippen LogP contribution in [0.1, 0.15) is 0 Å². The molecule has 0 atom stereocenters. The first-order chi connectivity index (χ1) is 13.1. The first-order valence-corrected chi connectivity index (χ1v) is 8.71. The quantitative estimate of drug-likeness (QED) is 0.492. The first-order valence-electron chi connectivity index (χ1n) is 7.92. The van der Waals surface area contributed by atoms with Crippen molar-refractivity contribution in [1.82, 2.24) is 19.3 Å². The van der Waals surface area contributed by atoms with E-state index >= 15 is 0 Å². The van der Waals surface area contributed by atoms with Crippen molar-refractivity contribution in [2.45, 2.75) is 0 Å². The molecule has 8 heteroatoms. The molecule has 4 rings (SSSR count). The van der Waals surface area contributed by atoms with Crippen molar-refractivity contribution < 1.29 is 9.13 Å². The van der Waals surface area contributed by atoms with E-state index in [1.54, 1.807) is 35.4 Å². The fourth-order valence-corrected chi connectivity index (χ4v) is 2.76. The molecule has 2 aromatic heterocycles. The van der Waals surface area contributed by atoms with Gasteiger partial charge in [-0.1, -0.05) is 15.9 Å². The first kappa shape index (κ1) is 17.2. The van der Waals surface area contributed by atoms with E-state index in [4.69, 9.17) is 4.74 Å². The van der Waals surface area contributed by atoms with Crippen LogP contribution in [-0.4, -0.2) is 19.3 Å². The standard InChI is InChI=1S/C19H12BrFN4O2/c20-13-1-7-16(8-2-13)27-18-17(24-10-9-22-12-24)11-23-25(19(18)26)15-5-3-14(21)4-6-15/h1-12H. The molecule has 27 heavy (non-hydrogen) atoms. The number of imidazole rings is 1. The Morgan fingerprint density at radius 3 is 2.44 bits per heavy atom. The molecule has 0 radical (unpaired) electrons. The smallest absolute Gasteiger partial charge is 0.316 e. The van der Waals surface area contributed by atoms with E-state index in [0.29, 0.717) is 17.1 Å². The molecule has 6 nitrogen and oxygen atoms in total.